The third kappa shape index (κ3) is 4.07. The van der Waals surface area contributed by atoms with Gasteiger partial charge in [0.25, 0.3) is 0 Å². The van der Waals surface area contributed by atoms with E-state index in [2.05, 4.69) is 4.74 Å². The maximum absolute atomic E-state index is 12.4. The minimum absolute atomic E-state index is 0.0214. The van der Waals surface area contributed by atoms with Crippen LogP contribution in [0.4, 0.5) is 18.9 Å². The molecule has 0 fully saturated rings. The van der Waals surface area contributed by atoms with Crippen molar-refractivity contribution in [3.63, 3.8) is 0 Å². The maximum Gasteiger partial charge on any atom is 0.573 e. The first kappa shape index (κ1) is 16.0. The zero-order valence-electron chi connectivity index (χ0n) is 12.1. The van der Waals surface area contributed by atoms with Gasteiger partial charge in [-0.1, -0.05) is 24.3 Å². The van der Waals surface area contributed by atoms with Gasteiger partial charge < -0.3 is 15.2 Å². The number of rotatable bonds is 4. The number of hydrogen-bond acceptors (Lipinski definition) is 3. The molecule has 0 unspecified atom stereocenters. The van der Waals surface area contributed by atoms with Crippen molar-refractivity contribution in [2.24, 2.45) is 0 Å². The fourth-order valence-corrected chi connectivity index (χ4v) is 1.99. The molecule has 3 nitrogen and oxygen atoms in total. The molecule has 118 valence electrons. The highest BCUT2D eigenvalue weighted by Gasteiger charge is 2.32. The van der Waals surface area contributed by atoms with Crippen LogP contribution in [-0.2, 0) is 0 Å². The molecule has 0 saturated heterocycles. The molecule has 0 saturated carbocycles. The summed E-state index contributed by atoms with van der Waals surface area (Å²) in [4.78, 5) is 0. The second-order valence-electron chi connectivity index (χ2n) is 4.96. The van der Waals surface area contributed by atoms with Crippen LogP contribution in [0.25, 0.3) is 11.1 Å². The van der Waals surface area contributed by atoms with E-state index in [1.807, 2.05) is 0 Å². The summed E-state index contributed by atoms with van der Waals surface area (Å²) in [5, 5.41) is 0. The molecule has 0 aliphatic heterocycles. The molecule has 6 heteroatoms. The quantitative estimate of drug-likeness (QED) is 0.838. The Morgan fingerprint density at radius 1 is 1.00 bits per heavy atom. The first-order chi connectivity index (χ1) is 10.3. The highest BCUT2D eigenvalue weighted by Crippen LogP contribution is 2.37. The normalized spacial score (nSPS) is 11.5. The van der Waals surface area contributed by atoms with Crippen molar-refractivity contribution in [1.29, 1.82) is 0 Å². The molecule has 0 aliphatic rings. The Kier molecular flexibility index (Phi) is 4.49. The Morgan fingerprint density at radius 3 is 2.27 bits per heavy atom. The molecule has 22 heavy (non-hydrogen) atoms. The number of nitrogen functional groups attached to an aromatic ring is 1. The summed E-state index contributed by atoms with van der Waals surface area (Å²) in [6.07, 6.45) is -5.07. The van der Waals surface area contributed by atoms with Gasteiger partial charge in [0, 0.05) is 11.3 Å². The van der Waals surface area contributed by atoms with Crippen molar-refractivity contribution in [1.82, 2.24) is 0 Å². The molecule has 0 bridgehead atoms. The van der Waals surface area contributed by atoms with Crippen LogP contribution in [0.5, 0.6) is 11.5 Å². The van der Waals surface area contributed by atoms with Gasteiger partial charge in [-0.05, 0) is 37.6 Å². The fourth-order valence-electron chi connectivity index (χ4n) is 1.99. The number of nitrogens with two attached hydrogens (primary N) is 1. The van der Waals surface area contributed by atoms with Crippen LogP contribution in [0, 0.1) is 0 Å². The van der Waals surface area contributed by atoms with Crippen molar-refractivity contribution < 1.29 is 22.6 Å². The summed E-state index contributed by atoms with van der Waals surface area (Å²) in [6, 6.07) is 11.3. The number of anilines is 1. The van der Waals surface area contributed by atoms with Crippen LogP contribution < -0.4 is 15.2 Å². The minimum Gasteiger partial charge on any atom is -0.487 e. The lowest BCUT2D eigenvalue weighted by Crippen LogP contribution is -2.18. The van der Waals surface area contributed by atoms with Gasteiger partial charge >= 0.3 is 6.36 Å². The molecule has 0 heterocycles. The van der Waals surface area contributed by atoms with Crippen LogP contribution in [-0.4, -0.2) is 12.5 Å². The topological polar surface area (TPSA) is 44.5 Å². The zero-order valence-corrected chi connectivity index (χ0v) is 12.1. The molecule has 2 aromatic carbocycles. The Bertz CT molecular complexity index is 654. The van der Waals surface area contributed by atoms with Crippen LogP contribution >= 0.6 is 0 Å². The van der Waals surface area contributed by atoms with Gasteiger partial charge in [-0.3, -0.25) is 0 Å². The van der Waals surface area contributed by atoms with E-state index in [0.29, 0.717) is 11.3 Å². The summed E-state index contributed by atoms with van der Waals surface area (Å²) >= 11 is 0. The summed E-state index contributed by atoms with van der Waals surface area (Å²) in [5.74, 6) is -0.354. The number of alkyl halides is 3. The molecule has 0 radical (unpaired) electrons. The highest BCUT2D eigenvalue weighted by molar-refractivity contribution is 5.77. The average molecular weight is 311 g/mol. The SMILES string of the molecule is CC(C)Oc1cc(-c2ccccc2N)ccc1OC(F)(F)F. The van der Waals surface area contributed by atoms with Crippen molar-refractivity contribution in [2.75, 3.05) is 5.73 Å². The lowest BCUT2D eigenvalue weighted by Gasteiger charge is -2.17. The van der Waals surface area contributed by atoms with Gasteiger partial charge in [-0.25, -0.2) is 0 Å². The fraction of sp³-hybridized carbons (Fsp3) is 0.250. The van der Waals surface area contributed by atoms with Gasteiger partial charge in [0.05, 0.1) is 6.10 Å². The zero-order chi connectivity index (χ0) is 16.3. The lowest BCUT2D eigenvalue weighted by atomic mass is 10.0. The molecule has 0 amide bonds. The van der Waals surface area contributed by atoms with E-state index in [1.54, 1.807) is 38.1 Å². The molecule has 0 atom stereocenters. The molecule has 0 aromatic heterocycles. The number of para-hydroxylation sites is 1. The number of benzene rings is 2. The smallest absolute Gasteiger partial charge is 0.487 e. The van der Waals surface area contributed by atoms with E-state index >= 15 is 0 Å². The summed E-state index contributed by atoms with van der Waals surface area (Å²) in [5.41, 5.74) is 7.79. The molecule has 2 rings (SSSR count). The second kappa shape index (κ2) is 6.17. The van der Waals surface area contributed by atoms with E-state index in [9.17, 15) is 13.2 Å². The molecule has 0 spiro atoms. The van der Waals surface area contributed by atoms with Crippen LogP contribution in [0.15, 0.2) is 42.5 Å². The van der Waals surface area contributed by atoms with E-state index in [4.69, 9.17) is 10.5 Å². The van der Waals surface area contributed by atoms with E-state index < -0.39 is 6.36 Å². The van der Waals surface area contributed by atoms with Crippen LogP contribution in [0.3, 0.4) is 0 Å². The van der Waals surface area contributed by atoms with Crippen molar-refractivity contribution in [3.05, 3.63) is 42.5 Å². The summed E-state index contributed by atoms with van der Waals surface area (Å²) in [7, 11) is 0. The van der Waals surface area contributed by atoms with Crippen LogP contribution in [0.2, 0.25) is 0 Å². The predicted octanol–water partition coefficient (Wildman–Crippen LogP) is 4.62. The minimum atomic E-state index is -4.78. The molecular formula is C16H16F3NO2. The standard InChI is InChI=1S/C16H16F3NO2/c1-10(2)21-15-9-11(12-5-3-4-6-13(12)20)7-8-14(15)22-16(17,18)19/h3-10H,20H2,1-2H3. The van der Waals surface area contributed by atoms with Crippen molar-refractivity contribution in [3.8, 4) is 22.6 Å². The predicted molar refractivity (Wildman–Crippen MR) is 78.7 cm³/mol. The van der Waals surface area contributed by atoms with Gasteiger partial charge in [0.15, 0.2) is 11.5 Å². The van der Waals surface area contributed by atoms with Gasteiger partial charge in [0.2, 0.25) is 0 Å². The Balaban J connectivity index is 2.45. The van der Waals surface area contributed by atoms with Gasteiger partial charge in [-0.2, -0.15) is 0 Å². The number of ether oxygens (including phenoxy) is 2. The van der Waals surface area contributed by atoms with Gasteiger partial charge in [-0.15, -0.1) is 13.2 Å². The van der Waals surface area contributed by atoms with E-state index in [0.717, 1.165) is 5.56 Å². The number of halogens is 3. The Labute approximate surface area is 126 Å². The molecule has 2 N–H and O–H groups in total. The third-order valence-electron chi connectivity index (χ3n) is 2.80. The highest BCUT2D eigenvalue weighted by atomic mass is 19.4. The first-order valence-corrected chi connectivity index (χ1v) is 6.67. The largest absolute Gasteiger partial charge is 0.573 e. The molecule has 2 aromatic rings. The van der Waals surface area contributed by atoms with Crippen LogP contribution in [0.1, 0.15) is 13.8 Å². The summed E-state index contributed by atoms with van der Waals surface area (Å²) < 4.78 is 46.8. The Morgan fingerprint density at radius 2 is 1.68 bits per heavy atom. The van der Waals surface area contributed by atoms with Crippen molar-refractivity contribution >= 4 is 5.69 Å². The van der Waals surface area contributed by atoms with Crippen molar-refractivity contribution in [2.45, 2.75) is 26.3 Å². The number of hydrogen-bond donors (Lipinski definition) is 1. The van der Waals surface area contributed by atoms with E-state index in [-0.39, 0.29) is 17.6 Å². The second-order valence-corrected chi connectivity index (χ2v) is 4.96. The van der Waals surface area contributed by atoms with E-state index in [1.165, 1.54) is 18.2 Å². The first-order valence-electron chi connectivity index (χ1n) is 6.67. The molecule has 0 aliphatic carbocycles. The monoisotopic (exact) mass is 311 g/mol. The average Bonchev–Trinajstić information content (AvgIpc) is 2.39. The lowest BCUT2D eigenvalue weighted by molar-refractivity contribution is -0.275. The maximum atomic E-state index is 12.4. The Hall–Kier alpha value is -2.37. The third-order valence-corrected chi connectivity index (χ3v) is 2.80. The summed E-state index contributed by atoms with van der Waals surface area (Å²) in [6.45, 7) is 3.45. The molecular weight excluding hydrogens is 295 g/mol. The van der Waals surface area contributed by atoms with Gasteiger partial charge in [0.1, 0.15) is 0 Å².